The first kappa shape index (κ1) is 12.7. The summed E-state index contributed by atoms with van der Waals surface area (Å²) in [6, 6.07) is 9.16. The number of fused-ring (bicyclic) bond motifs is 1. The number of hydrogen-bond acceptors (Lipinski definition) is 2. The lowest BCUT2D eigenvalue weighted by Gasteiger charge is -2.27. The first-order valence-corrected chi connectivity index (χ1v) is 7.38. The molecule has 102 valence electrons. The fourth-order valence-corrected chi connectivity index (χ4v) is 2.88. The summed E-state index contributed by atoms with van der Waals surface area (Å²) < 4.78 is 0. The Hall–Kier alpha value is -1.35. The average molecular weight is 258 g/mol. The highest BCUT2D eigenvalue weighted by Crippen LogP contribution is 2.29. The molecule has 1 fully saturated rings. The van der Waals surface area contributed by atoms with Gasteiger partial charge in [-0.2, -0.15) is 0 Å². The molecule has 0 aromatic heterocycles. The van der Waals surface area contributed by atoms with Crippen LogP contribution in [0.4, 0.5) is 0 Å². The van der Waals surface area contributed by atoms with Crippen LogP contribution in [-0.4, -0.2) is 18.0 Å². The van der Waals surface area contributed by atoms with Gasteiger partial charge in [-0.15, -0.1) is 0 Å². The van der Waals surface area contributed by atoms with E-state index in [1.165, 1.54) is 24.0 Å². The molecule has 2 aliphatic carbocycles. The van der Waals surface area contributed by atoms with Gasteiger partial charge in [0.05, 0.1) is 12.1 Å². The van der Waals surface area contributed by atoms with Gasteiger partial charge in [0, 0.05) is 6.04 Å². The number of hydrogen-bond donors (Lipinski definition) is 2. The predicted molar refractivity (Wildman–Crippen MR) is 75.9 cm³/mol. The number of carbonyl (C=O) groups excluding carboxylic acids is 1. The molecule has 2 unspecified atom stereocenters. The van der Waals surface area contributed by atoms with E-state index in [2.05, 4.69) is 34.9 Å². The molecule has 0 bridgehead atoms. The largest absolute Gasteiger partial charge is 0.348 e. The van der Waals surface area contributed by atoms with Gasteiger partial charge >= 0.3 is 0 Å². The highest BCUT2D eigenvalue weighted by Gasteiger charge is 2.28. The Morgan fingerprint density at radius 1 is 1.26 bits per heavy atom. The summed E-state index contributed by atoms with van der Waals surface area (Å²) in [5.74, 6) is 0.133. The molecule has 0 aliphatic heterocycles. The average Bonchev–Trinajstić information content (AvgIpc) is 3.23. The standard InChI is InChI=1S/C16H22N2O/c1-11(17-13-9-10-13)16(19)18-15-8-4-6-12-5-2-3-7-14(12)15/h2-3,5,7,11,13,15,17H,4,6,8-10H2,1H3,(H,18,19). The van der Waals surface area contributed by atoms with Crippen LogP contribution >= 0.6 is 0 Å². The molecule has 2 N–H and O–H groups in total. The first-order valence-electron chi connectivity index (χ1n) is 7.38. The van der Waals surface area contributed by atoms with E-state index < -0.39 is 0 Å². The van der Waals surface area contributed by atoms with Crippen LogP contribution in [0.3, 0.4) is 0 Å². The van der Waals surface area contributed by atoms with Crippen LogP contribution in [0.1, 0.15) is 49.8 Å². The van der Waals surface area contributed by atoms with Gasteiger partial charge < -0.3 is 10.6 Å². The van der Waals surface area contributed by atoms with Crippen molar-refractivity contribution < 1.29 is 4.79 Å². The number of benzene rings is 1. The lowest BCUT2D eigenvalue weighted by atomic mass is 9.87. The third-order valence-electron chi connectivity index (χ3n) is 4.14. The molecule has 0 radical (unpaired) electrons. The van der Waals surface area contributed by atoms with Crippen molar-refractivity contribution in [2.24, 2.45) is 0 Å². The van der Waals surface area contributed by atoms with E-state index in [1.54, 1.807) is 0 Å². The van der Waals surface area contributed by atoms with Crippen LogP contribution in [0.5, 0.6) is 0 Å². The Morgan fingerprint density at radius 3 is 2.84 bits per heavy atom. The van der Waals surface area contributed by atoms with Gasteiger partial charge in [-0.1, -0.05) is 24.3 Å². The van der Waals surface area contributed by atoms with E-state index in [0.717, 1.165) is 19.3 Å². The van der Waals surface area contributed by atoms with Gasteiger partial charge in [-0.25, -0.2) is 0 Å². The maximum Gasteiger partial charge on any atom is 0.237 e. The Balaban J connectivity index is 1.65. The van der Waals surface area contributed by atoms with Crippen LogP contribution < -0.4 is 10.6 Å². The van der Waals surface area contributed by atoms with Crippen molar-refractivity contribution in [1.29, 1.82) is 0 Å². The zero-order chi connectivity index (χ0) is 13.2. The van der Waals surface area contributed by atoms with E-state index in [4.69, 9.17) is 0 Å². The van der Waals surface area contributed by atoms with Gasteiger partial charge in [-0.05, 0) is 50.2 Å². The second-order valence-electron chi connectivity index (χ2n) is 5.81. The Kier molecular flexibility index (Phi) is 3.56. The molecule has 2 aliphatic rings. The molecule has 3 heteroatoms. The summed E-state index contributed by atoms with van der Waals surface area (Å²) in [5, 5.41) is 6.56. The minimum atomic E-state index is -0.0819. The molecule has 3 nitrogen and oxygen atoms in total. The molecule has 0 heterocycles. The smallest absolute Gasteiger partial charge is 0.237 e. The highest BCUT2D eigenvalue weighted by atomic mass is 16.2. The third-order valence-corrected chi connectivity index (χ3v) is 4.14. The monoisotopic (exact) mass is 258 g/mol. The van der Waals surface area contributed by atoms with Gasteiger partial charge in [-0.3, -0.25) is 4.79 Å². The van der Waals surface area contributed by atoms with Crippen molar-refractivity contribution in [1.82, 2.24) is 10.6 Å². The summed E-state index contributed by atoms with van der Waals surface area (Å²) >= 11 is 0. The fraction of sp³-hybridized carbons (Fsp3) is 0.562. The molecule has 1 saturated carbocycles. The summed E-state index contributed by atoms with van der Waals surface area (Å²) in [4.78, 5) is 12.2. The molecule has 2 atom stereocenters. The lowest BCUT2D eigenvalue weighted by Crippen LogP contribution is -2.44. The maximum absolute atomic E-state index is 12.2. The minimum absolute atomic E-state index is 0.0819. The Morgan fingerprint density at radius 2 is 2.05 bits per heavy atom. The second kappa shape index (κ2) is 5.33. The molecule has 0 spiro atoms. The van der Waals surface area contributed by atoms with Crippen LogP contribution in [0.25, 0.3) is 0 Å². The number of rotatable bonds is 4. The van der Waals surface area contributed by atoms with Crippen molar-refractivity contribution in [2.45, 2.75) is 57.2 Å². The fourth-order valence-electron chi connectivity index (χ4n) is 2.88. The molecule has 3 rings (SSSR count). The molecule has 1 amide bonds. The van der Waals surface area contributed by atoms with Gasteiger partial charge in [0.2, 0.25) is 5.91 Å². The van der Waals surface area contributed by atoms with Crippen LogP contribution in [0.15, 0.2) is 24.3 Å². The SMILES string of the molecule is CC(NC1CC1)C(=O)NC1CCCc2ccccc21. The maximum atomic E-state index is 12.2. The van der Waals surface area contributed by atoms with E-state index in [9.17, 15) is 4.79 Å². The zero-order valence-electron chi connectivity index (χ0n) is 11.5. The second-order valence-corrected chi connectivity index (χ2v) is 5.81. The van der Waals surface area contributed by atoms with Crippen molar-refractivity contribution in [3.8, 4) is 0 Å². The quantitative estimate of drug-likeness (QED) is 0.870. The normalized spacial score (nSPS) is 23.5. The van der Waals surface area contributed by atoms with Crippen molar-refractivity contribution >= 4 is 5.91 Å². The van der Waals surface area contributed by atoms with E-state index in [1.807, 2.05) is 6.92 Å². The number of nitrogens with one attached hydrogen (secondary N) is 2. The Bertz CT molecular complexity index is 468. The molecule has 19 heavy (non-hydrogen) atoms. The van der Waals surface area contributed by atoms with E-state index >= 15 is 0 Å². The molecule has 1 aromatic carbocycles. The number of aryl methyl sites for hydroxylation is 1. The Labute approximate surface area is 114 Å². The third kappa shape index (κ3) is 2.98. The van der Waals surface area contributed by atoms with Crippen LogP contribution in [-0.2, 0) is 11.2 Å². The summed E-state index contributed by atoms with van der Waals surface area (Å²) in [6.45, 7) is 1.96. The topological polar surface area (TPSA) is 41.1 Å². The molecular weight excluding hydrogens is 236 g/mol. The van der Waals surface area contributed by atoms with Gasteiger partial charge in [0.25, 0.3) is 0 Å². The lowest BCUT2D eigenvalue weighted by molar-refractivity contribution is -0.123. The summed E-state index contributed by atoms with van der Waals surface area (Å²) in [5.41, 5.74) is 2.70. The number of carbonyl (C=O) groups is 1. The van der Waals surface area contributed by atoms with Crippen molar-refractivity contribution in [2.75, 3.05) is 0 Å². The van der Waals surface area contributed by atoms with E-state index in [-0.39, 0.29) is 18.0 Å². The van der Waals surface area contributed by atoms with Crippen LogP contribution in [0.2, 0.25) is 0 Å². The molecule has 0 saturated heterocycles. The van der Waals surface area contributed by atoms with Gasteiger partial charge in [0.15, 0.2) is 0 Å². The molecule has 1 aromatic rings. The van der Waals surface area contributed by atoms with E-state index in [0.29, 0.717) is 6.04 Å². The highest BCUT2D eigenvalue weighted by molar-refractivity contribution is 5.81. The van der Waals surface area contributed by atoms with Crippen LogP contribution in [0, 0.1) is 0 Å². The number of amides is 1. The zero-order valence-corrected chi connectivity index (χ0v) is 11.5. The van der Waals surface area contributed by atoms with Gasteiger partial charge in [0.1, 0.15) is 0 Å². The first-order chi connectivity index (χ1) is 9.24. The van der Waals surface area contributed by atoms with Crippen molar-refractivity contribution in [3.63, 3.8) is 0 Å². The van der Waals surface area contributed by atoms with Crippen molar-refractivity contribution in [3.05, 3.63) is 35.4 Å². The molecular formula is C16H22N2O. The summed E-state index contributed by atoms with van der Waals surface area (Å²) in [7, 11) is 0. The predicted octanol–water partition coefficient (Wildman–Crippen LogP) is 2.32. The summed E-state index contributed by atoms with van der Waals surface area (Å²) in [6.07, 6.45) is 5.78. The minimum Gasteiger partial charge on any atom is -0.348 e.